The van der Waals surface area contributed by atoms with Crippen LogP contribution in [0.1, 0.15) is 30.0 Å². The van der Waals surface area contributed by atoms with Crippen molar-refractivity contribution in [2.24, 2.45) is 0 Å². The van der Waals surface area contributed by atoms with Crippen molar-refractivity contribution in [2.45, 2.75) is 19.8 Å². The first-order valence-electron chi connectivity index (χ1n) is 5.16. The molecule has 0 N–H and O–H groups in total. The first kappa shape index (κ1) is 14.8. The Labute approximate surface area is 117 Å². The Morgan fingerprint density at radius 3 is 2.72 bits per heavy atom. The molecule has 0 amide bonds. The minimum Gasteiger partial charge on any atom is -0.466 e. The first-order valence-corrected chi connectivity index (χ1v) is 6.24. The van der Waals surface area contributed by atoms with Crippen LogP contribution in [0.5, 0.6) is 0 Å². The van der Waals surface area contributed by atoms with Crippen LogP contribution < -0.4 is 0 Å². The molecule has 0 saturated carbocycles. The molecule has 6 heteroatoms. The van der Waals surface area contributed by atoms with Gasteiger partial charge in [-0.3, -0.25) is 4.79 Å². The molecule has 18 heavy (non-hydrogen) atoms. The van der Waals surface area contributed by atoms with Crippen molar-refractivity contribution in [1.82, 2.24) is 0 Å². The fourth-order valence-corrected chi connectivity index (χ4v) is 2.24. The largest absolute Gasteiger partial charge is 0.466 e. The van der Waals surface area contributed by atoms with Gasteiger partial charge in [-0.1, -0.05) is 12.1 Å². The predicted octanol–water partition coefficient (Wildman–Crippen LogP) is 3.21. The van der Waals surface area contributed by atoms with Crippen LogP contribution in [0, 0.1) is 14.9 Å². The van der Waals surface area contributed by atoms with E-state index in [0.29, 0.717) is 9.13 Å². The second-order valence-corrected chi connectivity index (χ2v) is 4.48. The lowest BCUT2D eigenvalue weighted by Gasteiger charge is -2.09. The number of esters is 1. The molecule has 96 valence electrons. The number of ether oxygens (including phenoxy) is 1. The Morgan fingerprint density at radius 2 is 2.22 bits per heavy atom. The fraction of sp³-hybridized carbons (Fsp3) is 0.333. The third-order valence-corrected chi connectivity index (χ3v) is 3.47. The molecule has 0 spiro atoms. The minimum atomic E-state index is -2.70. The molecule has 1 aromatic rings. The summed E-state index contributed by atoms with van der Waals surface area (Å²) in [5.74, 6) is -0.441. The topological polar surface area (TPSA) is 50.1 Å². The number of nitrogens with zero attached hydrogens (tertiary/aromatic N) is 1. The zero-order valence-corrected chi connectivity index (χ0v) is 11.7. The van der Waals surface area contributed by atoms with Crippen molar-refractivity contribution in [3.8, 4) is 6.07 Å². The summed E-state index contributed by atoms with van der Waals surface area (Å²) < 4.78 is 30.5. The molecule has 0 fully saturated rings. The smallest absolute Gasteiger partial charge is 0.310 e. The highest BCUT2D eigenvalue weighted by Gasteiger charge is 2.19. The van der Waals surface area contributed by atoms with Gasteiger partial charge >= 0.3 is 5.97 Å². The van der Waals surface area contributed by atoms with Crippen molar-refractivity contribution >= 4 is 28.6 Å². The highest BCUT2D eigenvalue weighted by molar-refractivity contribution is 14.1. The maximum absolute atomic E-state index is 12.7. The Bertz CT molecular complexity index is 498. The summed E-state index contributed by atoms with van der Waals surface area (Å²) >= 11 is 1.80. The Balaban J connectivity index is 3.11. The van der Waals surface area contributed by atoms with Gasteiger partial charge in [-0.2, -0.15) is 5.26 Å². The van der Waals surface area contributed by atoms with Crippen LogP contribution in [0.25, 0.3) is 0 Å². The molecule has 0 atom stereocenters. The van der Waals surface area contributed by atoms with Crippen molar-refractivity contribution in [3.05, 3.63) is 32.4 Å². The summed E-state index contributed by atoms with van der Waals surface area (Å²) in [6, 6.07) is 4.36. The number of benzene rings is 1. The molecule has 0 unspecified atom stereocenters. The lowest BCUT2D eigenvalue weighted by atomic mass is 10.0. The Hall–Kier alpha value is -1.23. The second kappa shape index (κ2) is 6.64. The molecule has 0 aliphatic heterocycles. The molecule has 1 rings (SSSR count). The van der Waals surface area contributed by atoms with Gasteiger partial charge in [0.25, 0.3) is 6.43 Å². The van der Waals surface area contributed by atoms with Gasteiger partial charge in [-0.05, 0) is 35.1 Å². The van der Waals surface area contributed by atoms with Crippen LogP contribution in [0.15, 0.2) is 12.1 Å². The first-order chi connectivity index (χ1) is 8.51. The molecule has 0 aliphatic rings. The Kier molecular flexibility index (Phi) is 5.47. The van der Waals surface area contributed by atoms with E-state index in [-0.39, 0.29) is 24.2 Å². The van der Waals surface area contributed by atoms with E-state index in [2.05, 4.69) is 0 Å². The van der Waals surface area contributed by atoms with E-state index in [9.17, 15) is 13.6 Å². The maximum Gasteiger partial charge on any atom is 0.310 e. The lowest BCUT2D eigenvalue weighted by Crippen LogP contribution is -2.10. The summed E-state index contributed by atoms with van der Waals surface area (Å²) in [5, 5.41) is 8.91. The SMILES string of the molecule is CCOC(=O)Cc1ccc(C(F)F)c(C#N)c1I. The van der Waals surface area contributed by atoms with Crippen LogP contribution in [-0.4, -0.2) is 12.6 Å². The van der Waals surface area contributed by atoms with Crippen molar-refractivity contribution in [2.75, 3.05) is 6.61 Å². The summed E-state index contributed by atoms with van der Waals surface area (Å²) in [6.45, 7) is 1.94. The van der Waals surface area contributed by atoms with Gasteiger partial charge in [-0.25, -0.2) is 8.78 Å². The fourth-order valence-electron chi connectivity index (χ4n) is 1.43. The highest BCUT2D eigenvalue weighted by Crippen LogP contribution is 2.28. The number of nitriles is 1. The van der Waals surface area contributed by atoms with Crippen molar-refractivity contribution in [1.29, 1.82) is 5.26 Å². The monoisotopic (exact) mass is 365 g/mol. The number of hydrogen-bond acceptors (Lipinski definition) is 3. The summed E-state index contributed by atoms with van der Waals surface area (Å²) in [5.41, 5.74) is 0.136. The summed E-state index contributed by atoms with van der Waals surface area (Å²) in [6.07, 6.45) is -2.73. The van der Waals surface area contributed by atoms with E-state index in [1.165, 1.54) is 12.1 Å². The van der Waals surface area contributed by atoms with Crippen LogP contribution in [0.4, 0.5) is 8.78 Å². The third kappa shape index (κ3) is 3.38. The normalized spacial score (nSPS) is 10.2. The van der Waals surface area contributed by atoms with Crippen LogP contribution >= 0.6 is 22.6 Å². The van der Waals surface area contributed by atoms with Crippen molar-refractivity contribution < 1.29 is 18.3 Å². The highest BCUT2D eigenvalue weighted by atomic mass is 127. The lowest BCUT2D eigenvalue weighted by molar-refractivity contribution is -0.142. The quantitative estimate of drug-likeness (QED) is 0.608. The molecule has 3 nitrogen and oxygen atoms in total. The number of carbonyl (C=O) groups is 1. The van der Waals surface area contributed by atoms with Gasteiger partial charge in [0.05, 0.1) is 18.6 Å². The molecule has 0 aromatic heterocycles. The summed E-state index contributed by atoms with van der Waals surface area (Å²) in [4.78, 5) is 11.3. The number of carbonyl (C=O) groups excluding carboxylic acids is 1. The molecule has 0 saturated heterocycles. The molecular formula is C12H10F2INO2. The third-order valence-electron chi connectivity index (χ3n) is 2.24. The molecule has 0 heterocycles. The van der Waals surface area contributed by atoms with Crippen molar-refractivity contribution in [3.63, 3.8) is 0 Å². The van der Waals surface area contributed by atoms with E-state index in [4.69, 9.17) is 10.00 Å². The second-order valence-electron chi connectivity index (χ2n) is 3.40. The van der Waals surface area contributed by atoms with Crippen LogP contribution in [0.3, 0.4) is 0 Å². The number of alkyl halides is 2. The standard InChI is InChI=1S/C12H10F2INO2/c1-2-18-10(17)5-7-3-4-8(12(13)14)9(6-16)11(7)15/h3-4,12H,2,5H2,1H3. The molecular weight excluding hydrogens is 355 g/mol. The zero-order chi connectivity index (χ0) is 13.7. The maximum atomic E-state index is 12.7. The number of hydrogen-bond donors (Lipinski definition) is 0. The predicted molar refractivity (Wildman–Crippen MR) is 69.2 cm³/mol. The average Bonchev–Trinajstić information content (AvgIpc) is 2.31. The molecule has 0 aliphatic carbocycles. The average molecular weight is 365 g/mol. The van der Waals surface area contributed by atoms with Crippen LogP contribution in [0.2, 0.25) is 0 Å². The molecule has 0 bridgehead atoms. The van der Waals surface area contributed by atoms with Gasteiger partial charge in [0.1, 0.15) is 6.07 Å². The van der Waals surface area contributed by atoms with Gasteiger partial charge < -0.3 is 4.74 Å². The van der Waals surface area contributed by atoms with E-state index in [1.807, 2.05) is 0 Å². The number of rotatable bonds is 4. The van der Waals surface area contributed by atoms with E-state index < -0.39 is 12.4 Å². The minimum absolute atomic E-state index is 0.0235. The molecule has 1 aromatic carbocycles. The van der Waals surface area contributed by atoms with Gasteiger partial charge in [0.15, 0.2) is 0 Å². The van der Waals surface area contributed by atoms with Gasteiger partial charge in [0.2, 0.25) is 0 Å². The van der Waals surface area contributed by atoms with E-state index >= 15 is 0 Å². The van der Waals surface area contributed by atoms with E-state index in [1.54, 1.807) is 35.6 Å². The van der Waals surface area contributed by atoms with Crippen LogP contribution in [-0.2, 0) is 16.0 Å². The summed E-state index contributed by atoms with van der Waals surface area (Å²) in [7, 11) is 0. The number of halogens is 3. The molecule has 0 radical (unpaired) electrons. The Morgan fingerprint density at radius 1 is 1.56 bits per heavy atom. The van der Waals surface area contributed by atoms with E-state index in [0.717, 1.165) is 0 Å². The van der Waals surface area contributed by atoms with Gasteiger partial charge in [0, 0.05) is 9.13 Å². The van der Waals surface area contributed by atoms with Gasteiger partial charge in [-0.15, -0.1) is 0 Å². The zero-order valence-electron chi connectivity index (χ0n) is 9.54.